The molecule has 2 atom stereocenters. The largest absolute Gasteiger partial charge is 0.543 e. The Morgan fingerprint density at radius 2 is 2.18 bits per heavy atom. The molecule has 4 rings (SSSR count). The van der Waals surface area contributed by atoms with Gasteiger partial charge in [-0.05, 0) is 0 Å². The van der Waals surface area contributed by atoms with E-state index in [9.17, 15) is 19.5 Å². The summed E-state index contributed by atoms with van der Waals surface area (Å²) in [5.41, 5.74) is 6.09. The van der Waals surface area contributed by atoms with Crippen LogP contribution in [0.25, 0.3) is 0 Å². The van der Waals surface area contributed by atoms with E-state index in [0.29, 0.717) is 17.9 Å². The molecule has 0 spiro atoms. The maximum atomic E-state index is 12.9. The number of carbonyl (C=O) groups excluding carboxylic acids is 3. The molecule has 1 fully saturated rings. The van der Waals surface area contributed by atoms with Crippen molar-refractivity contribution in [1.82, 2.24) is 15.2 Å². The summed E-state index contributed by atoms with van der Waals surface area (Å²) in [5.74, 6) is -2.33. The minimum absolute atomic E-state index is 0.0625. The van der Waals surface area contributed by atoms with E-state index >= 15 is 0 Å². The SMILES string of the molecule is C=CCO/N=C(\C(=O)NC1C(=O)N2C(C(=O)[O-])=C(C[n+]3ccccc3)CS[C@H]12)c1csc(N)n1. The van der Waals surface area contributed by atoms with Crippen molar-refractivity contribution < 1.29 is 28.9 Å². The predicted molar refractivity (Wildman–Crippen MR) is 123 cm³/mol. The van der Waals surface area contributed by atoms with E-state index in [1.165, 1.54) is 22.7 Å². The summed E-state index contributed by atoms with van der Waals surface area (Å²) in [6, 6.07) is 4.55. The van der Waals surface area contributed by atoms with Gasteiger partial charge in [0, 0.05) is 28.8 Å². The van der Waals surface area contributed by atoms with Gasteiger partial charge in [-0.25, -0.2) is 9.55 Å². The molecule has 0 saturated carbocycles. The number of aliphatic carboxylic acids is 1. The number of β-lactam (4-membered cyclic amide) rings is 1. The molecule has 1 unspecified atom stereocenters. The first-order valence-electron chi connectivity index (χ1n) is 10.1. The molecule has 2 aliphatic heterocycles. The van der Waals surface area contributed by atoms with E-state index in [2.05, 4.69) is 22.0 Å². The van der Waals surface area contributed by atoms with E-state index < -0.39 is 29.2 Å². The maximum absolute atomic E-state index is 12.9. The second kappa shape index (κ2) is 10.1. The highest BCUT2D eigenvalue weighted by Gasteiger charge is 2.53. The number of aromatic nitrogens is 2. The fourth-order valence-electron chi connectivity index (χ4n) is 3.52. The molecule has 2 aromatic rings. The fraction of sp³-hybridized carbons (Fsp3) is 0.238. The van der Waals surface area contributed by atoms with Gasteiger partial charge in [0.2, 0.25) is 0 Å². The number of fused-ring (bicyclic) bond motifs is 1. The van der Waals surface area contributed by atoms with Gasteiger partial charge in [-0.15, -0.1) is 23.1 Å². The maximum Gasteiger partial charge on any atom is 0.276 e. The molecule has 2 aliphatic rings. The van der Waals surface area contributed by atoms with E-state index in [0.717, 1.165) is 11.3 Å². The Balaban J connectivity index is 1.53. The van der Waals surface area contributed by atoms with Crippen LogP contribution >= 0.6 is 23.1 Å². The van der Waals surface area contributed by atoms with Gasteiger partial charge in [0.25, 0.3) is 11.8 Å². The zero-order valence-electron chi connectivity index (χ0n) is 17.7. The van der Waals surface area contributed by atoms with Gasteiger partial charge >= 0.3 is 0 Å². The highest BCUT2D eigenvalue weighted by atomic mass is 32.2. The number of amides is 2. The van der Waals surface area contributed by atoms with E-state index in [4.69, 9.17) is 10.6 Å². The van der Waals surface area contributed by atoms with Crippen molar-refractivity contribution in [3.63, 3.8) is 0 Å². The minimum atomic E-state index is -1.44. The highest BCUT2D eigenvalue weighted by molar-refractivity contribution is 8.00. The summed E-state index contributed by atoms with van der Waals surface area (Å²) >= 11 is 2.48. The summed E-state index contributed by atoms with van der Waals surface area (Å²) in [4.78, 5) is 48.1. The summed E-state index contributed by atoms with van der Waals surface area (Å²) in [7, 11) is 0. The number of carbonyl (C=O) groups is 3. The Kier molecular flexibility index (Phi) is 6.93. The number of pyridine rings is 1. The van der Waals surface area contributed by atoms with Crippen LogP contribution in [0.15, 0.2) is 65.1 Å². The second-order valence-corrected chi connectivity index (χ2v) is 9.24. The average Bonchev–Trinajstić information content (AvgIpc) is 3.26. The van der Waals surface area contributed by atoms with Gasteiger partial charge < -0.3 is 25.8 Å². The molecule has 0 aromatic carbocycles. The van der Waals surface area contributed by atoms with E-state index in [1.807, 2.05) is 22.8 Å². The predicted octanol–water partition coefficient (Wildman–Crippen LogP) is -0.976. The smallest absolute Gasteiger partial charge is 0.276 e. The Labute approximate surface area is 202 Å². The second-order valence-electron chi connectivity index (χ2n) is 7.24. The zero-order chi connectivity index (χ0) is 24.2. The first-order valence-corrected chi connectivity index (χ1v) is 12.0. The molecule has 0 aliphatic carbocycles. The number of nitrogens with one attached hydrogen (secondary N) is 1. The van der Waals surface area contributed by atoms with Crippen molar-refractivity contribution in [2.24, 2.45) is 5.16 Å². The van der Waals surface area contributed by atoms with Gasteiger partial charge in [0.05, 0.1) is 11.7 Å². The molecule has 2 aromatic heterocycles. The van der Waals surface area contributed by atoms with Crippen molar-refractivity contribution in [2.45, 2.75) is 18.0 Å². The van der Waals surface area contributed by atoms with E-state index in [-0.39, 0.29) is 28.8 Å². The van der Waals surface area contributed by atoms with Crippen LogP contribution in [0.5, 0.6) is 0 Å². The van der Waals surface area contributed by atoms with Gasteiger partial charge in [-0.2, -0.15) is 0 Å². The zero-order valence-corrected chi connectivity index (χ0v) is 19.4. The number of anilines is 1. The molecule has 11 nitrogen and oxygen atoms in total. The van der Waals surface area contributed by atoms with Crippen LogP contribution in [0.2, 0.25) is 0 Å². The van der Waals surface area contributed by atoms with Crippen LogP contribution in [0, 0.1) is 0 Å². The number of thioether (sulfide) groups is 1. The van der Waals surface area contributed by atoms with Gasteiger partial charge in [-0.1, -0.05) is 23.9 Å². The average molecular weight is 501 g/mol. The van der Waals surface area contributed by atoms with Gasteiger partial charge in [0.1, 0.15) is 23.7 Å². The van der Waals surface area contributed by atoms with Crippen LogP contribution < -0.4 is 20.7 Å². The minimum Gasteiger partial charge on any atom is -0.543 e. The molecule has 34 heavy (non-hydrogen) atoms. The van der Waals surface area contributed by atoms with Crippen molar-refractivity contribution in [3.05, 3.63) is 65.6 Å². The van der Waals surface area contributed by atoms with Crippen molar-refractivity contribution in [3.8, 4) is 0 Å². The Hall–Kier alpha value is -3.71. The van der Waals surface area contributed by atoms with Crippen molar-refractivity contribution in [2.75, 3.05) is 18.1 Å². The highest BCUT2D eigenvalue weighted by Crippen LogP contribution is 2.40. The van der Waals surface area contributed by atoms with Crippen molar-refractivity contribution >= 4 is 51.7 Å². The molecule has 13 heteroatoms. The molecule has 3 N–H and O–H groups in total. The lowest BCUT2D eigenvalue weighted by molar-refractivity contribution is -0.689. The standard InChI is InChI=1S/C21H20N6O5S2/c1-2-8-32-25-14(13-11-34-21(22)23-13)17(28)24-15-18(29)27-16(20(30)31)12(10-33-19(15)27)9-26-6-4-3-5-7-26/h2-7,11,15,19H,1,8-10H2,(H3-,22,23,24,28,30,31)/b25-14-/t15?,19-/m1/s1. The topological polar surface area (TPSA) is 154 Å². The lowest BCUT2D eigenvalue weighted by atomic mass is 10.0. The number of rotatable bonds is 9. The van der Waals surface area contributed by atoms with Gasteiger partial charge in [0.15, 0.2) is 29.8 Å². The summed E-state index contributed by atoms with van der Waals surface area (Å²) in [6.07, 6.45) is 5.07. The number of thiazole rings is 1. The number of hydrogen-bond donors (Lipinski definition) is 2. The molecule has 4 heterocycles. The molecule has 2 amide bonds. The third-order valence-corrected chi connectivity index (χ3v) is 7.02. The quantitative estimate of drug-likeness (QED) is 0.111. The lowest BCUT2D eigenvalue weighted by Gasteiger charge is -2.50. The first kappa shape index (κ1) is 23.4. The van der Waals surface area contributed by atoms with Crippen LogP contribution in [0.1, 0.15) is 5.69 Å². The monoisotopic (exact) mass is 500 g/mol. The number of hydrogen-bond acceptors (Lipinski definition) is 10. The third-order valence-electron chi connectivity index (χ3n) is 5.01. The summed E-state index contributed by atoms with van der Waals surface area (Å²) in [5, 5.41) is 19.5. The first-order chi connectivity index (χ1) is 16.4. The fourth-order valence-corrected chi connectivity index (χ4v) is 5.40. The third kappa shape index (κ3) is 4.65. The Morgan fingerprint density at radius 1 is 1.41 bits per heavy atom. The lowest BCUT2D eigenvalue weighted by Crippen LogP contribution is -2.71. The number of nitrogens with two attached hydrogens (primary N) is 1. The molecule has 0 bridgehead atoms. The van der Waals surface area contributed by atoms with Crippen LogP contribution in [-0.2, 0) is 25.8 Å². The molecule has 0 radical (unpaired) electrons. The Morgan fingerprint density at radius 3 is 2.82 bits per heavy atom. The number of oxime groups is 1. The molecule has 1 saturated heterocycles. The van der Waals surface area contributed by atoms with Crippen molar-refractivity contribution in [1.29, 1.82) is 0 Å². The summed E-state index contributed by atoms with van der Waals surface area (Å²) < 4.78 is 1.81. The number of carboxylic acids is 1. The number of carboxylic acid groups (broad SMARTS) is 1. The molecular weight excluding hydrogens is 480 g/mol. The van der Waals surface area contributed by atoms with Crippen LogP contribution in [-0.4, -0.2) is 57.2 Å². The number of nitrogens with zero attached hydrogens (tertiary/aromatic N) is 4. The van der Waals surface area contributed by atoms with Gasteiger partial charge in [-0.3, -0.25) is 14.5 Å². The molecular formula is C21H20N6O5S2. The van der Waals surface area contributed by atoms with Crippen LogP contribution in [0.4, 0.5) is 5.13 Å². The summed E-state index contributed by atoms with van der Waals surface area (Å²) in [6.45, 7) is 3.88. The normalized spacial score (nSPS) is 19.8. The Bertz CT molecular complexity index is 1200. The molecule has 176 valence electrons. The number of nitrogen functional groups attached to an aromatic ring is 1. The van der Waals surface area contributed by atoms with E-state index in [1.54, 1.807) is 17.8 Å². The van der Waals surface area contributed by atoms with Crippen LogP contribution in [0.3, 0.4) is 0 Å².